The molecule has 0 aromatic heterocycles. The maximum absolute atomic E-state index is 12.6. The van der Waals surface area contributed by atoms with Crippen LogP contribution in [0.2, 0.25) is 5.02 Å². The minimum Gasteiger partial charge on any atom is -0.378 e. The van der Waals surface area contributed by atoms with Gasteiger partial charge in [0, 0.05) is 26.2 Å². The molecule has 1 amide bonds. The molecule has 0 spiro atoms. The molecule has 1 aliphatic heterocycles. The van der Waals surface area contributed by atoms with Crippen molar-refractivity contribution >= 4 is 28.9 Å². The number of hydrogen-bond donors (Lipinski definition) is 1. The number of carbonyl (C=O) groups is 1. The second kappa shape index (κ2) is 8.77. The molecule has 1 N–H and O–H groups in total. The number of para-hydroxylation sites is 1. The summed E-state index contributed by atoms with van der Waals surface area (Å²) in [5.74, 6) is 0.139. The minimum atomic E-state index is 0.139. The van der Waals surface area contributed by atoms with E-state index >= 15 is 0 Å². The highest BCUT2D eigenvalue weighted by molar-refractivity contribution is 6.34. The number of ether oxygens (including phenoxy) is 1. The molecule has 1 saturated carbocycles. The SMILES string of the molecule is CN(C(=O)CNc1cccc(Cl)c1N1CCOCC1)C1CCCCC1. The van der Waals surface area contributed by atoms with Gasteiger partial charge in [-0.2, -0.15) is 0 Å². The molecule has 1 aliphatic carbocycles. The molecule has 3 rings (SSSR count). The average Bonchev–Trinajstić information content (AvgIpc) is 2.67. The number of carbonyl (C=O) groups excluding carboxylic acids is 1. The third-order valence-electron chi connectivity index (χ3n) is 5.26. The number of benzene rings is 1. The lowest BCUT2D eigenvalue weighted by molar-refractivity contribution is -0.130. The fraction of sp³-hybridized carbons (Fsp3) is 0.632. The van der Waals surface area contributed by atoms with E-state index in [1.165, 1.54) is 19.3 Å². The van der Waals surface area contributed by atoms with Crippen LogP contribution in [0.5, 0.6) is 0 Å². The second-order valence-electron chi connectivity index (χ2n) is 6.89. The summed E-state index contributed by atoms with van der Waals surface area (Å²) >= 11 is 6.44. The van der Waals surface area contributed by atoms with Crippen molar-refractivity contribution in [1.82, 2.24) is 4.90 Å². The molecule has 2 aliphatic rings. The number of likely N-dealkylation sites (N-methyl/N-ethyl adjacent to an activating group) is 1. The molecule has 138 valence electrons. The van der Waals surface area contributed by atoms with Gasteiger partial charge in [-0.25, -0.2) is 0 Å². The monoisotopic (exact) mass is 365 g/mol. The molecule has 6 heteroatoms. The topological polar surface area (TPSA) is 44.8 Å². The Hall–Kier alpha value is -1.46. The maximum atomic E-state index is 12.6. The van der Waals surface area contributed by atoms with E-state index < -0.39 is 0 Å². The van der Waals surface area contributed by atoms with Gasteiger partial charge in [-0.3, -0.25) is 4.79 Å². The fourth-order valence-corrected chi connectivity index (χ4v) is 4.03. The van der Waals surface area contributed by atoms with Gasteiger partial charge in [-0.05, 0) is 25.0 Å². The standard InChI is InChI=1S/C19H28ClN3O2/c1-22(15-6-3-2-4-7-15)18(24)14-21-17-9-5-8-16(20)19(17)23-10-12-25-13-11-23/h5,8-9,15,21H,2-4,6-7,10-14H2,1H3. The van der Waals surface area contributed by atoms with Gasteiger partial charge in [-0.1, -0.05) is 36.9 Å². The van der Waals surface area contributed by atoms with Crippen LogP contribution in [0, 0.1) is 0 Å². The fourth-order valence-electron chi connectivity index (χ4n) is 3.73. The Labute approximate surface area is 155 Å². The molecule has 1 saturated heterocycles. The molecular weight excluding hydrogens is 338 g/mol. The van der Waals surface area contributed by atoms with Crippen molar-refractivity contribution in [2.75, 3.05) is 50.1 Å². The number of amides is 1. The van der Waals surface area contributed by atoms with E-state index in [2.05, 4.69) is 10.2 Å². The van der Waals surface area contributed by atoms with Gasteiger partial charge in [0.05, 0.1) is 36.2 Å². The van der Waals surface area contributed by atoms with E-state index in [1.807, 2.05) is 30.1 Å². The summed E-state index contributed by atoms with van der Waals surface area (Å²) in [6, 6.07) is 6.20. The van der Waals surface area contributed by atoms with Crippen LogP contribution in [0.3, 0.4) is 0 Å². The van der Waals surface area contributed by atoms with Crippen LogP contribution in [0.1, 0.15) is 32.1 Å². The maximum Gasteiger partial charge on any atom is 0.241 e. The zero-order valence-corrected chi connectivity index (χ0v) is 15.7. The first-order valence-electron chi connectivity index (χ1n) is 9.27. The van der Waals surface area contributed by atoms with Gasteiger partial charge >= 0.3 is 0 Å². The van der Waals surface area contributed by atoms with Crippen molar-refractivity contribution in [1.29, 1.82) is 0 Å². The van der Waals surface area contributed by atoms with Crippen LogP contribution in [0.25, 0.3) is 0 Å². The molecule has 25 heavy (non-hydrogen) atoms. The van der Waals surface area contributed by atoms with Gasteiger partial charge in [0.2, 0.25) is 5.91 Å². The molecule has 0 atom stereocenters. The van der Waals surface area contributed by atoms with Crippen LogP contribution < -0.4 is 10.2 Å². The van der Waals surface area contributed by atoms with Crippen molar-refractivity contribution in [2.24, 2.45) is 0 Å². The molecular formula is C19H28ClN3O2. The largest absolute Gasteiger partial charge is 0.378 e. The molecule has 0 unspecified atom stereocenters. The van der Waals surface area contributed by atoms with Crippen molar-refractivity contribution < 1.29 is 9.53 Å². The molecule has 5 nitrogen and oxygen atoms in total. The first-order chi connectivity index (χ1) is 12.2. The third-order valence-corrected chi connectivity index (χ3v) is 5.56. The second-order valence-corrected chi connectivity index (χ2v) is 7.29. The number of anilines is 2. The number of morpholine rings is 1. The average molecular weight is 366 g/mol. The van der Waals surface area contributed by atoms with Gasteiger partial charge in [0.15, 0.2) is 0 Å². The van der Waals surface area contributed by atoms with Crippen LogP contribution in [-0.4, -0.2) is 56.7 Å². The number of rotatable bonds is 5. The van der Waals surface area contributed by atoms with E-state index in [9.17, 15) is 4.79 Å². The lowest BCUT2D eigenvalue weighted by Crippen LogP contribution is -2.41. The zero-order chi connectivity index (χ0) is 17.6. The van der Waals surface area contributed by atoms with Crippen LogP contribution in [-0.2, 0) is 9.53 Å². The Bertz CT molecular complexity index is 584. The highest BCUT2D eigenvalue weighted by Crippen LogP contribution is 2.34. The zero-order valence-electron chi connectivity index (χ0n) is 15.0. The summed E-state index contributed by atoms with van der Waals surface area (Å²) in [4.78, 5) is 16.7. The van der Waals surface area contributed by atoms with Crippen LogP contribution in [0.15, 0.2) is 18.2 Å². The van der Waals surface area contributed by atoms with Crippen molar-refractivity contribution in [3.63, 3.8) is 0 Å². The summed E-state index contributed by atoms with van der Waals surface area (Å²) < 4.78 is 5.43. The molecule has 2 fully saturated rings. The molecule has 1 aromatic rings. The predicted molar refractivity (Wildman–Crippen MR) is 103 cm³/mol. The lowest BCUT2D eigenvalue weighted by Gasteiger charge is -2.33. The Morgan fingerprint density at radius 1 is 1.28 bits per heavy atom. The van der Waals surface area contributed by atoms with E-state index in [0.717, 1.165) is 37.3 Å². The summed E-state index contributed by atoms with van der Waals surface area (Å²) in [6.45, 7) is 3.33. The van der Waals surface area contributed by atoms with Crippen molar-refractivity contribution in [3.05, 3.63) is 23.2 Å². The summed E-state index contributed by atoms with van der Waals surface area (Å²) in [5, 5.41) is 4.02. The van der Waals surface area contributed by atoms with Gasteiger partial charge < -0.3 is 19.9 Å². The first kappa shape index (κ1) is 18.3. The number of nitrogens with zero attached hydrogens (tertiary/aromatic N) is 2. The first-order valence-corrected chi connectivity index (χ1v) is 9.65. The van der Waals surface area contributed by atoms with E-state index in [0.29, 0.717) is 30.8 Å². The molecule has 0 bridgehead atoms. The van der Waals surface area contributed by atoms with Crippen molar-refractivity contribution in [2.45, 2.75) is 38.1 Å². The highest BCUT2D eigenvalue weighted by Gasteiger charge is 2.23. The van der Waals surface area contributed by atoms with Crippen molar-refractivity contribution in [3.8, 4) is 0 Å². The van der Waals surface area contributed by atoms with Gasteiger partial charge in [0.25, 0.3) is 0 Å². The Morgan fingerprint density at radius 3 is 2.72 bits per heavy atom. The highest BCUT2D eigenvalue weighted by atomic mass is 35.5. The van der Waals surface area contributed by atoms with Crippen LogP contribution in [0.4, 0.5) is 11.4 Å². The smallest absolute Gasteiger partial charge is 0.241 e. The molecule has 1 heterocycles. The van der Waals surface area contributed by atoms with E-state index in [1.54, 1.807) is 0 Å². The Morgan fingerprint density at radius 2 is 2.00 bits per heavy atom. The number of halogens is 1. The van der Waals surface area contributed by atoms with E-state index in [4.69, 9.17) is 16.3 Å². The van der Waals surface area contributed by atoms with Gasteiger partial charge in [0.1, 0.15) is 0 Å². The predicted octanol–water partition coefficient (Wildman–Crippen LogP) is 3.38. The lowest BCUT2D eigenvalue weighted by atomic mass is 9.94. The Balaban J connectivity index is 1.64. The van der Waals surface area contributed by atoms with Crippen LogP contribution >= 0.6 is 11.6 Å². The summed E-state index contributed by atoms with van der Waals surface area (Å²) in [5.41, 5.74) is 1.89. The normalized spacial score (nSPS) is 18.9. The molecule has 0 radical (unpaired) electrons. The summed E-state index contributed by atoms with van der Waals surface area (Å²) in [7, 11) is 1.93. The molecule has 1 aromatic carbocycles. The quantitative estimate of drug-likeness (QED) is 0.868. The minimum absolute atomic E-state index is 0.139. The number of hydrogen-bond acceptors (Lipinski definition) is 4. The Kier molecular flexibility index (Phi) is 6.43. The van der Waals surface area contributed by atoms with E-state index in [-0.39, 0.29) is 5.91 Å². The third kappa shape index (κ3) is 4.59. The van der Waals surface area contributed by atoms with Gasteiger partial charge in [-0.15, -0.1) is 0 Å². The summed E-state index contributed by atoms with van der Waals surface area (Å²) in [6.07, 6.45) is 6.00. The number of nitrogens with one attached hydrogen (secondary N) is 1.